The van der Waals surface area contributed by atoms with Crippen molar-refractivity contribution in [1.29, 1.82) is 0 Å². The molecule has 2 atom stereocenters. The van der Waals surface area contributed by atoms with E-state index in [9.17, 15) is 9.59 Å². The summed E-state index contributed by atoms with van der Waals surface area (Å²) in [5.41, 5.74) is 0.000795. The Balaban J connectivity index is 1.97. The first-order valence-electron chi connectivity index (χ1n) is 10.6. The van der Waals surface area contributed by atoms with Gasteiger partial charge in [0, 0.05) is 37.4 Å². The van der Waals surface area contributed by atoms with Crippen molar-refractivity contribution in [2.45, 2.75) is 83.8 Å². The normalized spacial score (nSPS) is 21.5. The molecule has 154 valence electrons. The molecule has 2 aliphatic rings. The summed E-state index contributed by atoms with van der Waals surface area (Å²) in [6.45, 7) is 5.16. The number of ether oxygens (including phenoxy) is 1. The highest BCUT2D eigenvalue weighted by atomic mass is 16.5. The minimum atomic E-state index is -0.525. The summed E-state index contributed by atoms with van der Waals surface area (Å²) in [7, 11) is 0. The smallest absolute Gasteiger partial charge is 0.251 e. The van der Waals surface area contributed by atoms with Gasteiger partial charge in [-0.1, -0.05) is 12.3 Å². The lowest BCUT2D eigenvalue weighted by Crippen LogP contribution is -2.60. The maximum absolute atomic E-state index is 13.0. The second-order valence-electron chi connectivity index (χ2n) is 7.97. The molecular weight excluding hydrogens is 352 g/mol. The quantitative estimate of drug-likeness (QED) is 0.490. The molecule has 2 unspecified atom stereocenters. The van der Waals surface area contributed by atoms with Crippen molar-refractivity contribution >= 4 is 11.8 Å². The number of terminal acetylenes is 1. The van der Waals surface area contributed by atoms with Crippen LogP contribution in [0, 0.1) is 29.6 Å². The number of hydrogen-bond acceptors (Lipinski definition) is 3. The number of hydrogen-bond donors (Lipinski definition) is 1. The van der Waals surface area contributed by atoms with Crippen LogP contribution < -0.4 is 5.32 Å². The lowest BCUT2D eigenvalue weighted by Gasteiger charge is -2.54. The number of amides is 2. The lowest BCUT2D eigenvalue weighted by atomic mass is 9.61. The number of nitrogens with one attached hydrogen (secondary N) is 1. The van der Waals surface area contributed by atoms with Gasteiger partial charge in [-0.15, -0.1) is 18.3 Å². The summed E-state index contributed by atoms with van der Waals surface area (Å²) in [4.78, 5) is 27.2. The Morgan fingerprint density at radius 3 is 2.75 bits per heavy atom. The molecule has 2 amide bonds. The Labute approximate surface area is 170 Å². The first-order valence-corrected chi connectivity index (χ1v) is 10.6. The Kier molecular flexibility index (Phi) is 8.87. The van der Waals surface area contributed by atoms with Gasteiger partial charge in [0.2, 0.25) is 5.91 Å². The van der Waals surface area contributed by atoms with E-state index in [0.29, 0.717) is 13.0 Å². The van der Waals surface area contributed by atoms with Crippen LogP contribution in [0.2, 0.25) is 0 Å². The van der Waals surface area contributed by atoms with Crippen molar-refractivity contribution < 1.29 is 14.3 Å². The molecule has 0 aromatic carbocycles. The second-order valence-corrected chi connectivity index (χ2v) is 7.97. The third-order valence-corrected chi connectivity index (χ3v) is 6.13. The SMILES string of the molecule is C#CCOC(C)C(=O)N1CCCCC1C1(CNC(=O)CCCC#CC)CCC1. The van der Waals surface area contributed by atoms with Crippen molar-refractivity contribution in [3.63, 3.8) is 0 Å². The first-order chi connectivity index (χ1) is 13.5. The maximum Gasteiger partial charge on any atom is 0.251 e. The molecule has 1 aliphatic heterocycles. The number of unbranched alkanes of at least 4 members (excludes halogenated alkanes) is 1. The largest absolute Gasteiger partial charge is 0.356 e. The van der Waals surface area contributed by atoms with Crippen molar-refractivity contribution in [1.82, 2.24) is 10.2 Å². The van der Waals surface area contributed by atoms with Gasteiger partial charge < -0.3 is 15.0 Å². The van der Waals surface area contributed by atoms with E-state index in [4.69, 9.17) is 11.2 Å². The molecule has 28 heavy (non-hydrogen) atoms. The van der Waals surface area contributed by atoms with Crippen LogP contribution in [0.4, 0.5) is 0 Å². The van der Waals surface area contributed by atoms with Crippen molar-refractivity contribution in [2.24, 2.45) is 5.41 Å². The van der Waals surface area contributed by atoms with Gasteiger partial charge in [0.15, 0.2) is 0 Å². The summed E-state index contributed by atoms with van der Waals surface area (Å²) in [6, 6.07) is 0.172. The molecule has 2 rings (SSSR count). The van der Waals surface area contributed by atoms with Crippen LogP contribution >= 0.6 is 0 Å². The Morgan fingerprint density at radius 2 is 2.11 bits per heavy atom. The fraction of sp³-hybridized carbons (Fsp3) is 0.739. The van der Waals surface area contributed by atoms with E-state index < -0.39 is 6.10 Å². The van der Waals surface area contributed by atoms with E-state index >= 15 is 0 Å². The highest BCUT2D eigenvalue weighted by Gasteiger charge is 2.48. The summed E-state index contributed by atoms with van der Waals surface area (Å²) in [6.07, 6.45) is 13.2. The highest BCUT2D eigenvalue weighted by molar-refractivity contribution is 5.81. The summed E-state index contributed by atoms with van der Waals surface area (Å²) < 4.78 is 5.47. The van der Waals surface area contributed by atoms with Gasteiger partial charge in [-0.25, -0.2) is 0 Å². The number of likely N-dealkylation sites (tertiary alicyclic amines) is 1. The topological polar surface area (TPSA) is 58.6 Å². The standard InChI is InChI=1S/C23H34N2O3/c1-4-6-7-8-13-21(26)24-18-23(14-11-15-23)20-12-9-10-16-25(20)22(27)19(3)28-17-5-2/h2,19-20H,7-18H2,1,3H3,(H,24,26). The van der Waals surface area contributed by atoms with Crippen LogP contribution in [-0.2, 0) is 14.3 Å². The summed E-state index contributed by atoms with van der Waals surface area (Å²) in [5, 5.41) is 3.14. The highest BCUT2D eigenvalue weighted by Crippen LogP contribution is 2.48. The maximum atomic E-state index is 13.0. The van der Waals surface area contributed by atoms with Crippen molar-refractivity contribution in [3.8, 4) is 24.2 Å². The van der Waals surface area contributed by atoms with Gasteiger partial charge in [-0.05, 0) is 52.4 Å². The van der Waals surface area contributed by atoms with Crippen LogP contribution in [-0.4, -0.2) is 48.6 Å². The number of piperidine rings is 1. The molecule has 5 heteroatoms. The van der Waals surface area contributed by atoms with Gasteiger partial charge in [0.1, 0.15) is 12.7 Å². The molecule has 1 saturated heterocycles. The Morgan fingerprint density at radius 1 is 1.32 bits per heavy atom. The predicted octanol–water partition coefficient (Wildman–Crippen LogP) is 2.89. The molecule has 1 aliphatic carbocycles. The van der Waals surface area contributed by atoms with Crippen LogP contribution in [0.15, 0.2) is 0 Å². The number of carbonyl (C=O) groups is 2. The molecule has 0 bridgehead atoms. The van der Waals surface area contributed by atoms with Gasteiger partial charge in [-0.3, -0.25) is 9.59 Å². The first kappa shape index (κ1) is 22.3. The third kappa shape index (κ3) is 5.76. The number of rotatable bonds is 9. The Bertz CT molecular complexity index is 636. The third-order valence-electron chi connectivity index (χ3n) is 6.13. The molecular formula is C23H34N2O3. The second kappa shape index (κ2) is 11.1. The van der Waals surface area contributed by atoms with E-state index in [-0.39, 0.29) is 29.9 Å². The van der Waals surface area contributed by atoms with Crippen LogP contribution in [0.25, 0.3) is 0 Å². The van der Waals surface area contributed by atoms with Crippen molar-refractivity contribution in [2.75, 3.05) is 19.7 Å². The zero-order chi connectivity index (χ0) is 20.4. The number of carbonyl (C=O) groups excluding carboxylic acids is 2. The average molecular weight is 387 g/mol. The summed E-state index contributed by atoms with van der Waals surface area (Å²) >= 11 is 0. The van der Waals surface area contributed by atoms with Gasteiger partial charge in [-0.2, -0.15) is 0 Å². The molecule has 1 N–H and O–H groups in total. The molecule has 0 aromatic rings. The molecule has 0 spiro atoms. The molecule has 2 fully saturated rings. The minimum Gasteiger partial charge on any atom is -0.356 e. The predicted molar refractivity (Wildman–Crippen MR) is 110 cm³/mol. The zero-order valence-corrected chi connectivity index (χ0v) is 17.4. The summed E-state index contributed by atoms with van der Waals surface area (Å²) in [5.74, 6) is 8.39. The van der Waals surface area contributed by atoms with E-state index in [0.717, 1.165) is 57.9 Å². The van der Waals surface area contributed by atoms with Gasteiger partial charge in [0.25, 0.3) is 5.91 Å². The molecule has 1 saturated carbocycles. The van der Waals surface area contributed by atoms with Gasteiger partial charge in [0.05, 0.1) is 0 Å². The Hall–Kier alpha value is -1.98. The monoisotopic (exact) mass is 386 g/mol. The van der Waals surface area contributed by atoms with E-state index in [1.807, 2.05) is 11.8 Å². The average Bonchev–Trinajstić information content (AvgIpc) is 2.68. The van der Waals surface area contributed by atoms with Crippen LogP contribution in [0.3, 0.4) is 0 Å². The molecule has 0 aromatic heterocycles. The van der Waals surface area contributed by atoms with E-state index in [1.165, 1.54) is 0 Å². The van der Waals surface area contributed by atoms with Gasteiger partial charge >= 0.3 is 0 Å². The fourth-order valence-electron chi connectivity index (χ4n) is 4.39. The van der Waals surface area contributed by atoms with E-state index in [1.54, 1.807) is 6.92 Å². The number of nitrogens with zero attached hydrogens (tertiary/aromatic N) is 1. The molecule has 5 nitrogen and oxygen atoms in total. The van der Waals surface area contributed by atoms with E-state index in [2.05, 4.69) is 23.1 Å². The van der Waals surface area contributed by atoms with Crippen LogP contribution in [0.5, 0.6) is 0 Å². The molecule has 0 radical (unpaired) electrons. The lowest BCUT2D eigenvalue weighted by molar-refractivity contribution is -0.152. The molecule has 1 heterocycles. The minimum absolute atomic E-state index is 0.000795. The van der Waals surface area contributed by atoms with Crippen LogP contribution in [0.1, 0.15) is 71.6 Å². The fourth-order valence-corrected chi connectivity index (χ4v) is 4.39. The van der Waals surface area contributed by atoms with Crippen molar-refractivity contribution in [3.05, 3.63) is 0 Å². The zero-order valence-electron chi connectivity index (χ0n) is 17.4.